The van der Waals surface area contributed by atoms with Crippen molar-refractivity contribution in [2.45, 2.75) is 20.0 Å². The molecule has 0 atom stereocenters. The summed E-state index contributed by atoms with van der Waals surface area (Å²) in [5.41, 5.74) is 1.86. The monoisotopic (exact) mass is 408 g/mol. The Balaban J connectivity index is 1.60. The number of rotatable bonds is 5. The van der Waals surface area contributed by atoms with Crippen LogP contribution in [0.2, 0.25) is 10.0 Å². The Morgan fingerprint density at radius 1 is 1.15 bits per heavy atom. The Labute approximate surface area is 163 Å². The number of ether oxygens (including phenoxy) is 1. The van der Waals surface area contributed by atoms with Gasteiger partial charge in [-0.05, 0) is 30.7 Å². The predicted octanol–water partition coefficient (Wildman–Crippen LogP) is 4.03. The van der Waals surface area contributed by atoms with Gasteiger partial charge in [-0.1, -0.05) is 41.5 Å². The summed E-state index contributed by atoms with van der Waals surface area (Å²) in [6, 6.07) is 7.10. The topological polar surface area (TPSA) is 70.1 Å². The minimum Gasteiger partial charge on any atom is -0.485 e. The first-order chi connectivity index (χ1) is 12.5. The van der Waals surface area contributed by atoms with E-state index < -0.39 is 0 Å². The van der Waals surface area contributed by atoms with Crippen molar-refractivity contribution in [3.8, 4) is 17.3 Å². The van der Waals surface area contributed by atoms with E-state index in [4.69, 9.17) is 27.9 Å². The second-order valence-corrected chi connectivity index (χ2v) is 7.46. The average Bonchev–Trinajstić information content (AvgIpc) is 3.28. The maximum atomic E-state index is 6.13. The lowest BCUT2D eigenvalue weighted by atomic mass is 10.3. The molecule has 0 saturated heterocycles. The zero-order valence-electron chi connectivity index (χ0n) is 14.0. The summed E-state index contributed by atoms with van der Waals surface area (Å²) in [7, 11) is 1.88. The van der Waals surface area contributed by atoms with Crippen LogP contribution in [0.4, 0.5) is 0 Å². The standard InChI is InChI=1S/C16H14Cl2N6OS/c1-3-10-7-12(23(2)21-10)15-19-20-16-24(15)22-14(26-16)8-25-13-5-4-9(17)6-11(13)18/h4-7H,3,8H2,1-2H3. The Kier molecular flexibility index (Phi) is 4.56. The fourth-order valence-electron chi connectivity index (χ4n) is 2.52. The summed E-state index contributed by atoms with van der Waals surface area (Å²) in [6.45, 7) is 2.34. The van der Waals surface area contributed by atoms with Gasteiger partial charge in [0.2, 0.25) is 10.8 Å². The van der Waals surface area contributed by atoms with Crippen molar-refractivity contribution in [3.63, 3.8) is 0 Å². The summed E-state index contributed by atoms with van der Waals surface area (Å²) in [6.07, 6.45) is 0.855. The summed E-state index contributed by atoms with van der Waals surface area (Å²) in [5.74, 6) is 1.21. The molecule has 4 rings (SSSR count). The summed E-state index contributed by atoms with van der Waals surface area (Å²) in [5, 5.41) is 19.2. The smallest absolute Gasteiger partial charge is 0.235 e. The Bertz CT molecular complexity index is 1090. The van der Waals surface area contributed by atoms with Crippen LogP contribution in [-0.4, -0.2) is 29.6 Å². The molecule has 134 valence electrons. The molecule has 0 N–H and O–H groups in total. The third-order valence-corrected chi connectivity index (χ3v) is 5.20. The number of benzene rings is 1. The van der Waals surface area contributed by atoms with Crippen molar-refractivity contribution in [3.05, 3.63) is 45.0 Å². The molecule has 0 saturated carbocycles. The van der Waals surface area contributed by atoms with Crippen LogP contribution in [0.25, 0.3) is 16.5 Å². The second-order valence-electron chi connectivity index (χ2n) is 5.58. The van der Waals surface area contributed by atoms with E-state index in [1.54, 1.807) is 27.4 Å². The number of aromatic nitrogens is 6. The van der Waals surface area contributed by atoms with Crippen LogP contribution in [0.5, 0.6) is 5.75 Å². The van der Waals surface area contributed by atoms with Gasteiger partial charge in [0.05, 0.1) is 10.7 Å². The summed E-state index contributed by atoms with van der Waals surface area (Å²) < 4.78 is 9.25. The van der Waals surface area contributed by atoms with Crippen molar-refractivity contribution in [2.24, 2.45) is 7.05 Å². The van der Waals surface area contributed by atoms with Gasteiger partial charge in [0.25, 0.3) is 0 Å². The van der Waals surface area contributed by atoms with Gasteiger partial charge in [-0.15, -0.1) is 10.2 Å². The molecule has 0 fully saturated rings. The molecule has 0 radical (unpaired) electrons. The molecule has 4 aromatic rings. The van der Waals surface area contributed by atoms with Crippen molar-refractivity contribution in [1.29, 1.82) is 0 Å². The number of halogens is 2. The van der Waals surface area contributed by atoms with E-state index in [1.165, 1.54) is 11.3 Å². The van der Waals surface area contributed by atoms with E-state index in [2.05, 4.69) is 27.3 Å². The molecular formula is C16H14Cl2N6OS. The van der Waals surface area contributed by atoms with E-state index in [1.807, 2.05) is 13.1 Å². The minimum atomic E-state index is 0.278. The lowest BCUT2D eigenvalue weighted by molar-refractivity contribution is 0.304. The molecule has 0 spiro atoms. The largest absolute Gasteiger partial charge is 0.485 e. The maximum Gasteiger partial charge on any atom is 0.235 e. The van der Waals surface area contributed by atoms with Crippen molar-refractivity contribution < 1.29 is 4.74 Å². The molecule has 0 unspecified atom stereocenters. The van der Waals surface area contributed by atoms with Gasteiger partial charge in [-0.25, -0.2) is 0 Å². The van der Waals surface area contributed by atoms with Crippen LogP contribution < -0.4 is 4.74 Å². The SMILES string of the molecule is CCc1cc(-c2nnc3sc(COc4ccc(Cl)cc4Cl)nn23)n(C)n1. The summed E-state index contributed by atoms with van der Waals surface area (Å²) in [4.78, 5) is 0.694. The number of hydrogen-bond acceptors (Lipinski definition) is 6. The molecule has 0 aliphatic rings. The molecule has 0 aliphatic heterocycles. The average molecular weight is 409 g/mol. The quantitative estimate of drug-likeness (QED) is 0.498. The fraction of sp³-hybridized carbons (Fsp3) is 0.250. The van der Waals surface area contributed by atoms with Crippen LogP contribution in [-0.2, 0) is 20.1 Å². The number of aryl methyl sites for hydroxylation is 2. The van der Waals surface area contributed by atoms with Crippen LogP contribution >= 0.6 is 34.5 Å². The third-order valence-electron chi connectivity index (χ3n) is 3.80. The molecule has 1 aromatic carbocycles. The zero-order valence-corrected chi connectivity index (χ0v) is 16.3. The molecule has 0 amide bonds. The van der Waals surface area contributed by atoms with Gasteiger partial charge in [-0.2, -0.15) is 14.7 Å². The number of hydrogen-bond donors (Lipinski definition) is 0. The van der Waals surface area contributed by atoms with Gasteiger partial charge in [0.1, 0.15) is 18.1 Å². The maximum absolute atomic E-state index is 6.13. The van der Waals surface area contributed by atoms with Gasteiger partial charge in [-0.3, -0.25) is 4.68 Å². The third kappa shape index (κ3) is 3.15. The Hall–Kier alpha value is -2.16. The number of fused-ring (bicyclic) bond motifs is 1. The van der Waals surface area contributed by atoms with Gasteiger partial charge < -0.3 is 4.74 Å². The first kappa shape index (κ1) is 17.3. The lowest BCUT2D eigenvalue weighted by Crippen LogP contribution is -2.00. The van der Waals surface area contributed by atoms with Gasteiger partial charge >= 0.3 is 0 Å². The van der Waals surface area contributed by atoms with E-state index >= 15 is 0 Å². The highest BCUT2D eigenvalue weighted by Crippen LogP contribution is 2.29. The second kappa shape index (κ2) is 6.86. The lowest BCUT2D eigenvalue weighted by Gasteiger charge is -2.05. The molecule has 3 heterocycles. The molecule has 0 aliphatic carbocycles. The highest BCUT2D eigenvalue weighted by molar-refractivity contribution is 7.16. The van der Waals surface area contributed by atoms with E-state index in [9.17, 15) is 0 Å². The normalized spacial score (nSPS) is 11.4. The van der Waals surface area contributed by atoms with Crippen LogP contribution in [0.1, 0.15) is 17.6 Å². The first-order valence-corrected chi connectivity index (χ1v) is 9.44. The number of nitrogens with zero attached hydrogens (tertiary/aromatic N) is 6. The molecule has 10 heteroatoms. The van der Waals surface area contributed by atoms with Crippen LogP contribution in [0.15, 0.2) is 24.3 Å². The van der Waals surface area contributed by atoms with E-state index in [0.717, 1.165) is 22.8 Å². The molecule has 26 heavy (non-hydrogen) atoms. The molecular weight excluding hydrogens is 395 g/mol. The van der Waals surface area contributed by atoms with Crippen molar-refractivity contribution >= 4 is 39.5 Å². The van der Waals surface area contributed by atoms with Gasteiger partial charge in [0.15, 0.2) is 5.01 Å². The van der Waals surface area contributed by atoms with E-state index in [-0.39, 0.29) is 6.61 Å². The Morgan fingerprint density at radius 2 is 2.00 bits per heavy atom. The van der Waals surface area contributed by atoms with E-state index in [0.29, 0.717) is 26.6 Å². The van der Waals surface area contributed by atoms with Gasteiger partial charge in [0, 0.05) is 12.1 Å². The fourth-order valence-corrected chi connectivity index (χ4v) is 3.72. The minimum absolute atomic E-state index is 0.278. The molecule has 7 nitrogen and oxygen atoms in total. The highest BCUT2D eigenvalue weighted by atomic mass is 35.5. The van der Waals surface area contributed by atoms with Crippen LogP contribution in [0, 0.1) is 0 Å². The first-order valence-electron chi connectivity index (χ1n) is 7.87. The predicted molar refractivity (Wildman–Crippen MR) is 101 cm³/mol. The van der Waals surface area contributed by atoms with Crippen LogP contribution in [0.3, 0.4) is 0 Å². The zero-order chi connectivity index (χ0) is 18.3. The molecule has 3 aromatic heterocycles. The van der Waals surface area contributed by atoms with Crippen molar-refractivity contribution in [2.75, 3.05) is 0 Å². The Morgan fingerprint density at radius 3 is 2.73 bits per heavy atom. The van der Waals surface area contributed by atoms with Crippen molar-refractivity contribution in [1.82, 2.24) is 29.6 Å². The molecule has 0 bridgehead atoms. The highest BCUT2D eigenvalue weighted by Gasteiger charge is 2.17. The summed E-state index contributed by atoms with van der Waals surface area (Å²) >= 11 is 13.4.